The molecule has 0 aliphatic rings. The number of carbonyl (C=O) groups is 1. The predicted molar refractivity (Wildman–Crippen MR) is 106 cm³/mol. The summed E-state index contributed by atoms with van der Waals surface area (Å²) in [6.45, 7) is 4.14. The van der Waals surface area contributed by atoms with Gasteiger partial charge in [0, 0.05) is 36.6 Å². The smallest absolute Gasteiger partial charge is 0.139 e. The molecule has 0 fully saturated rings. The standard InChI is InChI=1S/C22H25N3O2/c1-15(2)21-13-19(25-27-21)4-3-5-20(26)12-16-6-8-17(9-7-16)18-10-11-22(23)24-14-18/h6-11,13-15H,3-5,12H2,1-2H3,(H2,23,24). The fourth-order valence-electron chi connectivity index (χ4n) is 2.89. The average molecular weight is 363 g/mol. The van der Waals surface area contributed by atoms with Gasteiger partial charge in [-0.25, -0.2) is 4.98 Å². The van der Waals surface area contributed by atoms with Crippen LogP contribution in [0.2, 0.25) is 0 Å². The Balaban J connectivity index is 1.48. The highest BCUT2D eigenvalue weighted by atomic mass is 16.5. The quantitative estimate of drug-likeness (QED) is 0.633. The van der Waals surface area contributed by atoms with Gasteiger partial charge in [0.25, 0.3) is 0 Å². The molecule has 3 rings (SSSR count). The van der Waals surface area contributed by atoms with Crippen LogP contribution in [0.4, 0.5) is 5.82 Å². The predicted octanol–water partition coefficient (Wildman–Crippen LogP) is 4.58. The van der Waals surface area contributed by atoms with Gasteiger partial charge in [-0.05, 0) is 36.1 Å². The normalized spacial score (nSPS) is 11.1. The molecule has 0 aliphatic heterocycles. The van der Waals surface area contributed by atoms with Crippen molar-refractivity contribution in [2.24, 2.45) is 0 Å². The summed E-state index contributed by atoms with van der Waals surface area (Å²) in [5.41, 5.74) is 9.64. The summed E-state index contributed by atoms with van der Waals surface area (Å²) in [7, 11) is 0. The van der Waals surface area contributed by atoms with E-state index in [4.69, 9.17) is 10.3 Å². The molecule has 0 spiro atoms. The second-order valence-corrected chi connectivity index (χ2v) is 7.11. The minimum absolute atomic E-state index is 0.240. The highest BCUT2D eigenvalue weighted by Gasteiger charge is 2.09. The summed E-state index contributed by atoms with van der Waals surface area (Å²) in [4.78, 5) is 16.3. The molecule has 27 heavy (non-hydrogen) atoms. The van der Waals surface area contributed by atoms with Crippen molar-refractivity contribution in [2.45, 2.75) is 45.4 Å². The van der Waals surface area contributed by atoms with Gasteiger partial charge in [-0.3, -0.25) is 4.79 Å². The van der Waals surface area contributed by atoms with Crippen LogP contribution < -0.4 is 5.73 Å². The van der Waals surface area contributed by atoms with Crippen LogP contribution in [0.25, 0.3) is 11.1 Å². The lowest BCUT2D eigenvalue weighted by molar-refractivity contribution is -0.118. The average Bonchev–Trinajstić information content (AvgIpc) is 3.12. The Morgan fingerprint density at radius 3 is 2.48 bits per heavy atom. The zero-order chi connectivity index (χ0) is 19.2. The fraction of sp³-hybridized carbons (Fsp3) is 0.318. The van der Waals surface area contributed by atoms with E-state index >= 15 is 0 Å². The third kappa shape index (κ3) is 5.26. The second kappa shape index (κ2) is 8.62. The van der Waals surface area contributed by atoms with Crippen molar-refractivity contribution >= 4 is 11.6 Å². The summed E-state index contributed by atoms with van der Waals surface area (Å²) < 4.78 is 5.29. The van der Waals surface area contributed by atoms with Gasteiger partial charge in [0.1, 0.15) is 17.4 Å². The summed E-state index contributed by atoms with van der Waals surface area (Å²) in [6.07, 6.45) is 4.32. The van der Waals surface area contributed by atoms with Gasteiger partial charge in [-0.1, -0.05) is 43.3 Å². The van der Waals surface area contributed by atoms with Crippen molar-refractivity contribution < 1.29 is 9.32 Å². The number of anilines is 1. The van der Waals surface area contributed by atoms with Gasteiger partial charge in [0.2, 0.25) is 0 Å². The van der Waals surface area contributed by atoms with Crippen LogP contribution >= 0.6 is 0 Å². The number of aromatic nitrogens is 2. The van der Waals surface area contributed by atoms with E-state index in [0.29, 0.717) is 24.6 Å². The number of pyridine rings is 1. The molecule has 140 valence electrons. The number of Topliss-reactive ketones (excluding diaryl/α,β-unsaturated/α-hetero) is 1. The molecular formula is C22H25N3O2. The number of nitrogens with two attached hydrogens (primary N) is 1. The molecule has 1 aromatic carbocycles. The Hall–Kier alpha value is -2.95. The van der Waals surface area contributed by atoms with E-state index in [-0.39, 0.29) is 5.78 Å². The number of nitrogen functional groups attached to an aromatic ring is 1. The summed E-state index contributed by atoms with van der Waals surface area (Å²) in [5, 5.41) is 4.06. The molecule has 0 bridgehead atoms. The Bertz CT molecular complexity index is 881. The number of nitrogens with zero attached hydrogens (tertiary/aromatic N) is 2. The summed E-state index contributed by atoms with van der Waals surface area (Å²) in [5.74, 6) is 1.98. The number of hydrogen-bond acceptors (Lipinski definition) is 5. The van der Waals surface area contributed by atoms with Gasteiger partial charge in [0.05, 0.1) is 5.69 Å². The fourth-order valence-corrected chi connectivity index (χ4v) is 2.89. The van der Waals surface area contributed by atoms with Crippen molar-refractivity contribution in [1.29, 1.82) is 0 Å². The second-order valence-electron chi connectivity index (χ2n) is 7.11. The van der Waals surface area contributed by atoms with E-state index in [2.05, 4.69) is 24.0 Å². The maximum absolute atomic E-state index is 12.2. The molecule has 0 atom stereocenters. The molecule has 0 saturated heterocycles. The lowest BCUT2D eigenvalue weighted by Crippen LogP contribution is -2.03. The number of aryl methyl sites for hydroxylation is 1. The lowest BCUT2D eigenvalue weighted by atomic mass is 10.0. The number of carbonyl (C=O) groups excluding carboxylic acids is 1. The van der Waals surface area contributed by atoms with Gasteiger partial charge in [-0.2, -0.15) is 0 Å². The molecule has 0 saturated carbocycles. The first-order valence-corrected chi connectivity index (χ1v) is 9.29. The minimum atomic E-state index is 0.240. The third-order valence-corrected chi connectivity index (χ3v) is 4.51. The Kier molecular flexibility index (Phi) is 6.01. The van der Waals surface area contributed by atoms with Crippen molar-refractivity contribution in [3.63, 3.8) is 0 Å². The van der Waals surface area contributed by atoms with E-state index < -0.39 is 0 Å². The summed E-state index contributed by atoms with van der Waals surface area (Å²) >= 11 is 0. The van der Waals surface area contributed by atoms with Crippen LogP contribution in [-0.2, 0) is 17.6 Å². The van der Waals surface area contributed by atoms with Crippen LogP contribution in [0.5, 0.6) is 0 Å². The molecule has 0 radical (unpaired) electrons. The van der Waals surface area contributed by atoms with E-state index in [1.807, 2.05) is 36.4 Å². The van der Waals surface area contributed by atoms with Crippen molar-refractivity contribution in [3.05, 3.63) is 65.7 Å². The van der Waals surface area contributed by atoms with E-state index in [9.17, 15) is 4.79 Å². The number of benzene rings is 1. The van der Waals surface area contributed by atoms with Gasteiger partial charge >= 0.3 is 0 Å². The Morgan fingerprint density at radius 1 is 1.11 bits per heavy atom. The molecule has 0 unspecified atom stereocenters. The van der Waals surface area contributed by atoms with Crippen LogP contribution in [-0.4, -0.2) is 15.9 Å². The minimum Gasteiger partial charge on any atom is -0.384 e. The van der Waals surface area contributed by atoms with Crippen LogP contribution in [0.15, 0.2) is 53.2 Å². The molecule has 2 heterocycles. The SMILES string of the molecule is CC(C)c1cc(CCCC(=O)Cc2ccc(-c3ccc(N)nc3)cc2)no1. The zero-order valence-electron chi connectivity index (χ0n) is 15.8. The van der Waals surface area contributed by atoms with Gasteiger partial charge < -0.3 is 10.3 Å². The molecule has 5 heteroatoms. The third-order valence-electron chi connectivity index (χ3n) is 4.51. The molecule has 5 nitrogen and oxygen atoms in total. The molecular weight excluding hydrogens is 338 g/mol. The highest BCUT2D eigenvalue weighted by molar-refractivity contribution is 5.81. The topological polar surface area (TPSA) is 82.0 Å². The molecule has 3 aromatic rings. The molecule has 2 N–H and O–H groups in total. The summed E-state index contributed by atoms with van der Waals surface area (Å²) in [6, 6.07) is 13.7. The highest BCUT2D eigenvalue weighted by Crippen LogP contribution is 2.20. The first-order chi connectivity index (χ1) is 13.0. The number of hydrogen-bond donors (Lipinski definition) is 1. The van der Waals surface area contributed by atoms with Crippen LogP contribution in [0.1, 0.15) is 49.6 Å². The maximum Gasteiger partial charge on any atom is 0.139 e. The van der Waals surface area contributed by atoms with E-state index in [0.717, 1.165) is 41.0 Å². The monoisotopic (exact) mass is 363 g/mol. The maximum atomic E-state index is 12.2. The Morgan fingerprint density at radius 2 is 1.85 bits per heavy atom. The first kappa shape index (κ1) is 18.8. The van der Waals surface area contributed by atoms with Crippen LogP contribution in [0.3, 0.4) is 0 Å². The van der Waals surface area contributed by atoms with Gasteiger partial charge in [-0.15, -0.1) is 0 Å². The molecule has 0 amide bonds. The van der Waals surface area contributed by atoms with E-state index in [1.54, 1.807) is 12.3 Å². The van der Waals surface area contributed by atoms with Crippen molar-refractivity contribution in [3.8, 4) is 11.1 Å². The number of ketones is 1. The zero-order valence-corrected chi connectivity index (χ0v) is 15.8. The van der Waals surface area contributed by atoms with Gasteiger partial charge in [0.15, 0.2) is 0 Å². The number of rotatable bonds is 8. The molecule has 0 aliphatic carbocycles. The van der Waals surface area contributed by atoms with Crippen LogP contribution in [0, 0.1) is 0 Å². The molecule has 2 aromatic heterocycles. The lowest BCUT2D eigenvalue weighted by Gasteiger charge is -2.05. The van der Waals surface area contributed by atoms with E-state index in [1.165, 1.54) is 0 Å². The van der Waals surface area contributed by atoms with Crippen molar-refractivity contribution in [2.75, 3.05) is 5.73 Å². The largest absolute Gasteiger partial charge is 0.384 e. The Labute approximate surface area is 159 Å². The first-order valence-electron chi connectivity index (χ1n) is 9.29. The van der Waals surface area contributed by atoms with Crippen molar-refractivity contribution in [1.82, 2.24) is 10.1 Å².